The number of fused-ring (bicyclic) bond motifs is 1. The van der Waals surface area contributed by atoms with Crippen LogP contribution in [0.25, 0.3) is 11.0 Å². The molecule has 1 aliphatic heterocycles. The minimum absolute atomic E-state index is 0.101. The molecule has 1 aliphatic rings. The summed E-state index contributed by atoms with van der Waals surface area (Å²) in [5, 5.41) is 18.2. The van der Waals surface area contributed by atoms with Crippen molar-refractivity contribution in [2.24, 2.45) is 5.92 Å². The highest BCUT2D eigenvalue weighted by atomic mass is 16.8. The molecule has 1 aromatic heterocycles. The van der Waals surface area contributed by atoms with E-state index in [2.05, 4.69) is 58.1 Å². The number of piperidine rings is 1. The average molecular weight is 409 g/mol. The van der Waals surface area contributed by atoms with Gasteiger partial charge in [0.1, 0.15) is 0 Å². The molecule has 1 N–H and O–H groups in total. The Kier molecular flexibility index (Phi) is 5.99. The van der Waals surface area contributed by atoms with E-state index in [9.17, 15) is 10.0 Å². The zero-order valence-electron chi connectivity index (χ0n) is 17.5. The highest BCUT2D eigenvalue weighted by Crippen LogP contribution is 2.17. The number of aromatic nitrogens is 2. The quantitative estimate of drug-likeness (QED) is 0.634. The van der Waals surface area contributed by atoms with E-state index in [-0.39, 0.29) is 11.9 Å². The molecule has 7 nitrogen and oxygen atoms in total. The number of hydrogen-bond acceptors (Lipinski definition) is 5. The Morgan fingerprint density at radius 3 is 2.80 bits per heavy atom. The molecular formula is C23H28N4O3. The lowest BCUT2D eigenvalue weighted by atomic mass is 10.0. The monoisotopic (exact) mass is 408 g/mol. The third-order valence-electron chi connectivity index (χ3n) is 5.56. The zero-order chi connectivity index (χ0) is 21.1. The molecule has 0 aliphatic carbocycles. The molecule has 7 heteroatoms. The fourth-order valence-corrected chi connectivity index (χ4v) is 4.11. The van der Waals surface area contributed by atoms with Gasteiger partial charge in [0, 0.05) is 35.9 Å². The Bertz CT molecular complexity index is 1010. The third-order valence-corrected chi connectivity index (χ3v) is 5.56. The molecule has 0 bridgehead atoms. The van der Waals surface area contributed by atoms with Crippen molar-refractivity contribution in [2.45, 2.75) is 45.7 Å². The van der Waals surface area contributed by atoms with Crippen LogP contribution in [0.3, 0.4) is 0 Å². The van der Waals surface area contributed by atoms with Gasteiger partial charge in [-0.05, 0) is 59.9 Å². The standard InChI is InChI=1S/C23H28N4O3/c1-16(2)12-17-5-7-18(8-6-17)14-26-11-3-4-20(15-26)24-23(28)19-9-10-22-21(13-19)25-30-27(22)29/h5-10,13,16,20H,3-4,11-12,14-15H2,1-2H3,(H,24,28)/t20-/m1/s1. The summed E-state index contributed by atoms with van der Waals surface area (Å²) in [5.74, 6) is 0.510. The van der Waals surface area contributed by atoms with Crippen LogP contribution in [0.5, 0.6) is 0 Å². The van der Waals surface area contributed by atoms with Crippen molar-refractivity contribution in [1.29, 1.82) is 0 Å². The van der Waals surface area contributed by atoms with E-state index < -0.39 is 0 Å². The molecule has 1 atom stereocenters. The van der Waals surface area contributed by atoms with E-state index in [0.29, 0.717) is 27.4 Å². The molecule has 2 aromatic carbocycles. The first-order chi connectivity index (χ1) is 14.5. The number of carbonyl (C=O) groups is 1. The zero-order valence-corrected chi connectivity index (χ0v) is 17.5. The van der Waals surface area contributed by atoms with Gasteiger partial charge in [-0.3, -0.25) is 14.3 Å². The Balaban J connectivity index is 1.34. The second-order valence-corrected chi connectivity index (χ2v) is 8.60. The van der Waals surface area contributed by atoms with Crippen molar-refractivity contribution in [1.82, 2.24) is 15.4 Å². The van der Waals surface area contributed by atoms with Crippen LogP contribution in [-0.4, -0.2) is 35.1 Å². The molecule has 0 unspecified atom stereocenters. The van der Waals surface area contributed by atoms with Crippen molar-refractivity contribution in [3.8, 4) is 0 Å². The highest BCUT2D eigenvalue weighted by molar-refractivity contribution is 5.97. The highest BCUT2D eigenvalue weighted by Gasteiger charge is 2.23. The van der Waals surface area contributed by atoms with Gasteiger partial charge in [-0.25, -0.2) is 0 Å². The topological polar surface area (TPSA) is 85.3 Å². The van der Waals surface area contributed by atoms with E-state index in [0.717, 1.165) is 38.9 Å². The van der Waals surface area contributed by atoms with Crippen LogP contribution in [0.1, 0.15) is 48.2 Å². The van der Waals surface area contributed by atoms with Gasteiger partial charge in [-0.15, -0.1) is 0 Å². The van der Waals surface area contributed by atoms with Crippen LogP contribution >= 0.6 is 0 Å². The van der Waals surface area contributed by atoms with Crippen LogP contribution in [0.4, 0.5) is 0 Å². The summed E-state index contributed by atoms with van der Waals surface area (Å²) in [5.41, 5.74) is 3.86. The molecule has 1 fully saturated rings. The summed E-state index contributed by atoms with van der Waals surface area (Å²) in [6.45, 7) is 7.23. The maximum absolute atomic E-state index is 12.7. The van der Waals surface area contributed by atoms with Gasteiger partial charge in [-0.1, -0.05) is 38.1 Å². The SMILES string of the molecule is CC(C)Cc1ccc(CN2CCC[C@@H](NC(=O)c3ccc4c(c3)no[n+]4[O-])C2)cc1. The first-order valence-corrected chi connectivity index (χ1v) is 10.6. The van der Waals surface area contributed by atoms with Crippen LogP contribution in [-0.2, 0) is 13.0 Å². The van der Waals surface area contributed by atoms with Crippen LogP contribution in [0.2, 0.25) is 0 Å². The van der Waals surface area contributed by atoms with Gasteiger partial charge in [0.15, 0.2) is 0 Å². The smallest absolute Gasteiger partial charge is 0.251 e. The van der Waals surface area contributed by atoms with Gasteiger partial charge in [0.05, 0.1) is 0 Å². The summed E-state index contributed by atoms with van der Waals surface area (Å²) in [6, 6.07) is 13.8. The summed E-state index contributed by atoms with van der Waals surface area (Å²) in [6.07, 6.45) is 3.12. The largest absolute Gasteiger partial charge is 0.359 e. The fourth-order valence-electron chi connectivity index (χ4n) is 4.11. The number of hydrogen-bond donors (Lipinski definition) is 1. The van der Waals surface area contributed by atoms with E-state index in [1.807, 2.05) is 0 Å². The van der Waals surface area contributed by atoms with Crippen molar-refractivity contribution in [3.63, 3.8) is 0 Å². The molecule has 1 saturated heterocycles. The van der Waals surface area contributed by atoms with E-state index >= 15 is 0 Å². The molecule has 3 aromatic rings. The van der Waals surface area contributed by atoms with Crippen LogP contribution in [0, 0.1) is 11.1 Å². The minimum Gasteiger partial charge on any atom is -0.359 e. The number of nitrogens with zero attached hydrogens (tertiary/aromatic N) is 3. The van der Waals surface area contributed by atoms with E-state index in [1.54, 1.807) is 18.2 Å². The molecule has 30 heavy (non-hydrogen) atoms. The summed E-state index contributed by atoms with van der Waals surface area (Å²) in [7, 11) is 0. The van der Waals surface area contributed by atoms with Crippen molar-refractivity contribution < 1.29 is 14.3 Å². The predicted octanol–water partition coefficient (Wildman–Crippen LogP) is 3.05. The number of benzene rings is 2. The number of likely N-dealkylation sites (tertiary alicyclic amines) is 1. The average Bonchev–Trinajstić information content (AvgIpc) is 3.10. The van der Waals surface area contributed by atoms with Gasteiger partial charge in [-0.2, -0.15) is 0 Å². The second kappa shape index (κ2) is 8.83. The van der Waals surface area contributed by atoms with E-state index in [1.165, 1.54) is 11.1 Å². The predicted molar refractivity (Wildman–Crippen MR) is 114 cm³/mol. The second-order valence-electron chi connectivity index (χ2n) is 8.60. The molecule has 1 amide bonds. The Morgan fingerprint density at radius 1 is 1.27 bits per heavy atom. The van der Waals surface area contributed by atoms with Crippen molar-refractivity contribution >= 4 is 16.9 Å². The van der Waals surface area contributed by atoms with Gasteiger partial charge >= 0.3 is 0 Å². The van der Waals surface area contributed by atoms with Crippen LogP contribution in [0.15, 0.2) is 47.1 Å². The maximum atomic E-state index is 12.7. The lowest BCUT2D eigenvalue weighted by Crippen LogP contribution is -2.47. The Hall–Kier alpha value is -2.93. The van der Waals surface area contributed by atoms with Gasteiger partial charge < -0.3 is 10.5 Å². The summed E-state index contributed by atoms with van der Waals surface area (Å²) in [4.78, 5) is 15.4. The number of rotatable bonds is 6. The van der Waals surface area contributed by atoms with Crippen molar-refractivity contribution in [3.05, 3.63) is 64.4 Å². The molecule has 0 spiro atoms. The summed E-state index contributed by atoms with van der Waals surface area (Å²) >= 11 is 0. The Labute approximate surface area is 176 Å². The molecule has 158 valence electrons. The molecular weight excluding hydrogens is 380 g/mol. The normalized spacial score (nSPS) is 17.5. The van der Waals surface area contributed by atoms with Crippen LogP contribution < -0.4 is 10.2 Å². The van der Waals surface area contributed by atoms with Crippen molar-refractivity contribution in [2.75, 3.05) is 13.1 Å². The van der Waals surface area contributed by atoms with Gasteiger partial charge in [0.2, 0.25) is 11.0 Å². The molecule has 0 saturated carbocycles. The molecule has 4 rings (SSSR count). The maximum Gasteiger partial charge on any atom is 0.251 e. The minimum atomic E-state index is -0.151. The number of nitrogens with one attached hydrogen (secondary N) is 1. The van der Waals surface area contributed by atoms with E-state index in [4.69, 9.17) is 0 Å². The summed E-state index contributed by atoms with van der Waals surface area (Å²) < 4.78 is 4.57. The van der Waals surface area contributed by atoms with Gasteiger partial charge in [0.25, 0.3) is 5.91 Å². The lowest BCUT2D eigenvalue weighted by Gasteiger charge is -2.33. The molecule has 2 heterocycles. The molecule has 0 radical (unpaired) electrons. The number of carbonyl (C=O) groups excluding carboxylic acids is 1. The lowest BCUT2D eigenvalue weighted by molar-refractivity contribution is -0.782. The first kappa shape index (κ1) is 20.3. The fraction of sp³-hybridized carbons (Fsp3) is 0.435. The third kappa shape index (κ3) is 4.79. The first-order valence-electron chi connectivity index (χ1n) is 10.6. The number of amides is 1. The Morgan fingerprint density at radius 2 is 2.03 bits per heavy atom.